The van der Waals surface area contributed by atoms with E-state index in [1.807, 2.05) is 0 Å². The Morgan fingerprint density at radius 2 is 0.867 bits per heavy atom. The fraction of sp³-hybridized carbons (Fsp3) is 1.00. The van der Waals surface area contributed by atoms with E-state index in [9.17, 15) is 0 Å². The minimum absolute atomic E-state index is 0. The summed E-state index contributed by atoms with van der Waals surface area (Å²) in [6, 6.07) is 0. The van der Waals surface area contributed by atoms with E-state index in [1.165, 1.54) is 37.7 Å². The molecule has 0 aromatic carbocycles. The standard InChI is InChI=1S/C9H21P.B.4FH/c1-4-7-10(8-5-2)9-6-3;;;;;/h4-9H2,1-3H3;;4*1H/q;+3;;;;/p-3. The second-order valence-electron chi connectivity index (χ2n) is 2.84. The van der Waals surface area contributed by atoms with Crippen molar-refractivity contribution >= 4 is 16.3 Å². The molecule has 0 radical (unpaired) electrons. The Balaban J connectivity index is -0.0000000405. The summed E-state index contributed by atoms with van der Waals surface area (Å²) in [6.45, 7) is 6.92. The molecule has 0 unspecified atom stereocenters. The predicted molar refractivity (Wildman–Crippen MR) is 60.7 cm³/mol. The van der Waals surface area contributed by atoms with Gasteiger partial charge in [-0.3, -0.25) is 4.70 Å². The van der Waals surface area contributed by atoms with Crippen molar-refractivity contribution in [3.63, 3.8) is 0 Å². The van der Waals surface area contributed by atoms with Crippen LogP contribution in [-0.2, 0) is 0 Å². The Hall–Kier alpha value is 0.215. The molecule has 0 saturated heterocycles. The molecule has 0 N–H and O–H groups in total. The Bertz CT molecular complexity index is 64.9. The first-order valence-corrected chi connectivity index (χ1v) is 6.47. The van der Waals surface area contributed by atoms with Crippen molar-refractivity contribution in [2.45, 2.75) is 40.0 Å². The number of halogens is 4. The van der Waals surface area contributed by atoms with Crippen LogP contribution in [0.5, 0.6) is 0 Å². The average molecular weight is 248 g/mol. The molecule has 15 heavy (non-hydrogen) atoms. The zero-order valence-corrected chi connectivity index (χ0v) is 10.7. The summed E-state index contributed by atoms with van der Waals surface area (Å²) in [5.74, 6) is 0. The maximum atomic E-state index is 2.31. The monoisotopic (exact) mass is 248 g/mol. The van der Waals surface area contributed by atoms with Crippen LogP contribution in [0.15, 0.2) is 0 Å². The van der Waals surface area contributed by atoms with Crippen LogP contribution in [0.2, 0.25) is 0 Å². The first-order valence-electron chi connectivity index (χ1n) is 4.57. The van der Waals surface area contributed by atoms with E-state index >= 15 is 0 Å². The molecule has 6 heteroatoms. The molecular weight excluding hydrogens is 226 g/mol. The van der Waals surface area contributed by atoms with Crippen molar-refractivity contribution in [1.29, 1.82) is 0 Å². The van der Waals surface area contributed by atoms with Gasteiger partial charge in [0.15, 0.2) is 0 Å². The molecular formula is C9H22BF4P. The fourth-order valence-electron chi connectivity index (χ4n) is 1.28. The summed E-state index contributed by atoms with van der Waals surface area (Å²) in [5.41, 5.74) is 0. The number of hydrogen-bond donors (Lipinski definition) is 0. The van der Waals surface area contributed by atoms with Crippen LogP contribution >= 0.6 is 7.92 Å². The van der Waals surface area contributed by atoms with Crippen LogP contribution in [0.25, 0.3) is 0 Å². The summed E-state index contributed by atoms with van der Waals surface area (Å²) >= 11 is 0. The van der Waals surface area contributed by atoms with Gasteiger partial charge < -0.3 is 14.1 Å². The Kier molecular flexibility index (Phi) is 70.6. The molecule has 0 bridgehead atoms. The third kappa shape index (κ3) is 25.0. The molecule has 0 saturated carbocycles. The van der Waals surface area contributed by atoms with E-state index in [4.69, 9.17) is 0 Å². The van der Waals surface area contributed by atoms with Crippen molar-refractivity contribution in [3.8, 4) is 0 Å². The van der Waals surface area contributed by atoms with Gasteiger partial charge >= 0.3 is 8.41 Å². The summed E-state index contributed by atoms with van der Waals surface area (Å²) in [6.07, 6.45) is 8.72. The molecule has 0 fully saturated rings. The number of rotatable bonds is 6. The van der Waals surface area contributed by atoms with Gasteiger partial charge in [-0.2, -0.15) is 0 Å². The predicted octanol–water partition coefficient (Wildman–Crippen LogP) is -5.52. The first-order chi connectivity index (χ1) is 4.85. The van der Waals surface area contributed by atoms with Crippen molar-refractivity contribution in [3.05, 3.63) is 0 Å². The Morgan fingerprint density at radius 3 is 1.00 bits per heavy atom. The van der Waals surface area contributed by atoms with Gasteiger partial charge in [0.05, 0.1) is 0 Å². The quantitative estimate of drug-likeness (QED) is 0.250. The zero-order chi connectivity index (χ0) is 7.82. The molecule has 0 amide bonds. The van der Waals surface area contributed by atoms with E-state index in [0.29, 0.717) is 7.92 Å². The molecule has 0 aromatic heterocycles. The molecule has 94 valence electrons. The smallest absolute Gasteiger partial charge is 1.00 e. The minimum Gasteiger partial charge on any atom is -1.00 e. The maximum absolute atomic E-state index is 2.31. The van der Waals surface area contributed by atoms with Crippen molar-refractivity contribution < 1.29 is 18.8 Å². The molecule has 0 rings (SSSR count). The largest absolute Gasteiger partial charge is 3.00 e. The Labute approximate surface area is 94.4 Å². The van der Waals surface area contributed by atoms with Gasteiger partial charge in [0, 0.05) is 0 Å². The van der Waals surface area contributed by atoms with E-state index in [1.54, 1.807) is 0 Å². The second kappa shape index (κ2) is 29.2. The van der Waals surface area contributed by atoms with Crippen molar-refractivity contribution in [2.75, 3.05) is 18.5 Å². The van der Waals surface area contributed by atoms with Crippen LogP contribution in [0, 0.1) is 0 Å². The summed E-state index contributed by atoms with van der Waals surface area (Å²) in [5, 5.41) is 0. The molecule has 0 aliphatic rings. The minimum atomic E-state index is 0. The molecule has 0 heterocycles. The van der Waals surface area contributed by atoms with Gasteiger partial charge in [-0.1, -0.05) is 40.0 Å². The van der Waals surface area contributed by atoms with Crippen LogP contribution in [0.1, 0.15) is 40.0 Å². The fourth-order valence-corrected chi connectivity index (χ4v) is 3.85. The summed E-state index contributed by atoms with van der Waals surface area (Å²) in [7, 11) is 0.439. The van der Waals surface area contributed by atoms with E-state index in [-0.39, 0.29) is 27.2 Å². The molecule has 0 nitrogen and oxygen atoms in total. The van der Waals surface area contributed by atoms with Gasteiger partial charge in [0.25, 0.3) is 0 Å². The second-order valence-corrected chi connectivity index (χ2v) is 5.52. The first kappa shape index (κ1) is 36.2. The van der Waals surface area contributed by atoms with Crippen LogP contribution in [0.3, 0.4) is 0 Å². The average Bonchev–Trinajstić information content (AvgIpc) is 1.90. The SMILES string of the molecule is CCCP(CCC)CCC.F.[B+3].[F-].[F-].[F-]. The molecule has 0 aliphatic heterocycles. The number of hydrogen-bond acceptors (Lipinski definition) is 0. The van der Waals surface area contributed by atoms with Crippen molar-refractivity contribution in [2.24, 2.45) is 0 Å². The van der Waals surface area contributed by atoms with E-state index in [2.05, 4.69) is 20.8 Å². The van der Waals surface area contributed by atoms with Crippen LogP contribution in [-0.4, -0.2) is 26.9 Å². The molecule has 0 aliphatic carbocycles. The van der Waals surface area contributed by atoms with Gasteiger partial charge in [-0.15, -0.1) is 7.92 Å². The summed E-state index contributed by atoms with van der Waals surface area (Å²) < 4.78 is 0. The normalized spacial score (nSPS) is 7.20. The van der Waals surface area contributed by atoms with Crippen LogP contribution < -0.4 is 14.1 Å². The molecule has 0 atom stereocenters. The Morgan fingerprint density at radius 1 is 0.667 bits per heavy atom. The molecule has 0 aromatic rings. The summed E-state index contributed by atoms with van der Waals surface area (Å²) in [4.78, 5) is 0. The zero-order valence-electron chi connectivity index (χ0n) is 9.81. The van der Waals surface area contributed by atoms with Gasteiger partial charge in [-0.25, -0.2) is 0 Å². The van der Waals surface area contributed by atoms with Gasteiger partial charge in [0.2, 0.25) is 0 Å². The van der Waals surface area contributed by atoms with Gasteiger partial charge in [-0.05, 0) is 18.5 Å². The van der Waals surface area contributed by atoms with E-state index < -0.39 is 0 Å². The van der Waals surface area contributed by atoms with Crippen LogP contribution in [0.4, 0.5) is 4.70 Å². The third-order valence-electron chi connectivity index (χ3n) is 1.62. The topological polar surface area (TPSA) is 0 Å². The molecule has 0 spiro atoms. The van der Waals surface area contributed by atoms with Crippen molar-refractivity contribution in [1.82, 2.24) is 0 Å². The maximum Gasteiger partial charge on any atom is 3.00 e. The third-order valence-corrected chi connectivity index (χ3v) is 4.86. The van der Waals surface area contributed by atoms with E-state index in [0.717, 1.165) is 0 Å². The van der Waals surface area contributed by atoms with Gasteiger partial charge in [0.1, 0.15) is 0 Å².